The Morgan fingerprint density at radius 2 is 2.00 bits per heavy atom. The van der Waals surface area contributed by atoms with Crippen molar-refractivity contribution < 1.29 is 4.39 Å². The Balaban J connectivity index is 2.50. The third-order valence-electron chi connectivity index (χ3n) is 2.03. The van der Waals surface area contributed by atoms with Gasteiger partial charge < -0.3 is 0 Å². The smallest absolute Gasteiger partial charge is 0.123 e. The van der Waals surface area contributed by atoms with Gasteiger partial charge in [-0.3, -0.25) is 4.98 Å². The second kappa shape index (κ2) is 3.89. The number of hydrogen-bond acceptors (Lipinski definition) is 2. The normalized spacial score (nSPS) is 9.60. The van der Waals surface area contributed by atoms with E-state index >= 15 is 0 Å². The van der Waals surface area contributed by atoms with E-state index in [1.54, 1.807) is 24.4 Å². The highest BCUT2D eigenvalue weighted by molar-refractivity contribution is 5.63. The molecule has 2 aromatic rings. The third-order valence-corrected chi connectivity index (χ3v) is 2.03. The van der Waals surface area contributed by atoms with E-state index in [0.29, 0.717) is 5.56 Å². The Labute approximate surface area is 86.6 Å². The van der Waals surface area contributed by atoms with Crippen molar-refractivity contribution in [2.45, 2.75) is 0 Å². The fraction of sp³-hybridized carbons (Fsp3) is 0. The molecule has 0 atom stereocenters. The van der Waals surface area contributed by atoms with Crippen LogP contribution in [0.15, 0.2) is 42.7 Å². The Morgan fingerprint density at radius 1 is 1.13 bits per heavy atom. The zero-order valence-electron chi connectivity index (χ0n) is 7.81. The predicted octanol–water partition coefficient (Wildman–Crippen LogP) is 2.76. The number of rotatable bonds is 1. The molecule has 0 bridgehead atoms. The summed E-state index contributed by atoms with van der Waals surface area (Å²) < 4.78 is 12.9. The predicted molar refractivity (Wildman–Crippen MR) is 54.3 cm³/mol. The minimum absolute atomic E-state index is 0.296. The average Bonchev–Trinajstić information content (AvgIpc) is 2.29. The summed E-state index contributed by atoms with van der Waals surface area (Å²) in [7, 11) is 0. The van der Waals surface area contributed by atoms with E-state index in [4.69, 9.17) is 5.26 Å². The highest BCUT2D eigenvalue weighted by atomic mass is 19.1. The highest BCUT2D eigenvalue weighted by Crippen LogP contribution is 2.19. The van der Waals surface area contributed by atoms with Crippen LogP contribution in [0.1, 0.15) is 5.56 Å². The molecule has 0 unspecified atom stereocenters. The van der Waals surface area contributed by atoms with Crippen molar-refractivity contribution in [1.29, 1.82) is 5.26 Å². The summed E-state index contributed by atoms with van der Waals surface area (Å²) in [4.78, 5) is 3.92. The minimum Gasteiger partial charge on any atom is -0.263 e. The van der Waals surface area contributed by atoms with Gasteiger partial charge in [0.25, 0.3) is 0 Å². The molecule has 15 heavy (non-hydrogen) atoms. The van der Waals surface area contributed by atoms with Gasteiger partial charge >= 0.3 is 0 Å². The molecule has 0 aliphatic heterocycles. The van der Waals surface area contributed by atoms with Gasteiger partial charge in [0.15, 0.2) is 0 Å². The molecule has 0 saturated heterocycles. The van der Waals surface area contributed by atoms with Crippen LogP contribution in [0.5, 0.6) is 0 Å². The molecule has 0 N–H and O–H groups in total. The number of aromatic nitrogens is 1. The standard InChI is InChI=1S/C12H7FN2/c13-12-3-1-2-10(5-12)11-4-9(6-14)7-15-8-11/h1-5,7-8H. The van der Waals surface area contributed by atoms with Crippen LogP contribution in [0.2, 0.25) is 0 Å². The van der Waals surface area contributed by atoms with Crippen LogP contribution < -0.4 is 0 Å². The zero-order chi connectivity index (χ0) is 10.7. The molecule has 72 valence electrons. The van der Waals surface area contributed by atoms with E-state index < -0.39 is 0 Å². The molecule has 1 heterocycles. The lowest BCUT2D eigenvalue weighted by molar-refractivity contribution is 0.628. The van der Waals surface area contributed by atoms with Crippen LogP contribution in [-0.4, -0.2) is 4.98 Å². The van der Waals surface area contributed by atoms with Gasteiger partial charge in [-0.05, 0) is 23.8 Å². The molecule has 0 spiro atoms. The molecule has 0 aliphatic rings. The van der Waals surface area contributed by atoms with Crippen LogP contribution in [0.4, 0.5) is 4.39 Å². The van der Waals surface area contributed by atoms with E-state index in [2.05, 4.69) is 4.98 Å². The molecule has 0 amide bonds. The van der Waals surface area contributed by atoms with Crippen molar-refractivity contribution in [1.82, 2.24) is 4.98 Å². The van der Waals surface area contributed by atoms with Crippen LogP contribution in [0, 0.1) is 17.1 Å². The van der Waals surface area contributed by atoms with E-state index in [-0.39, 0.29) is 5.82 Å². The molecule has 0 fully saturated rings. The molecule has 0 radical (unpaired) electrons. The minimum atomic E-state index is -0.296. The first kappa shape index (κ1) is 9.35. The number of nitriles is 1. The van der Waals surface area contributed by atoms with Gasteiger partial charge in [-0.1, -0.05) is 12.1 Å². The van der Waals surface area contributed by atoms with Gasteiger partial charge in [0.05, 0.1) is 5.56 Å². The van der Waals surface area contributed by atoms with Crippen molar-refractivity contribution in [3.8, 4) is 17.2 Å². The summed E-state index contributed by atoms with van der Waals surface area (Å²) >= 11 is 0. The number of hydrogen-bond donors (Lipinski definition) is 0. The number of halogens is 1. The Bertz CT molecular complexity index is 529. The van der Waals surface area contributed by atoms with Crippen LogP contribution in [-0.2, 0) is 0 Å². The van der Waals surface area contributed by atoms with Crippen LogP contribution in [0.25, 0.3) is 11.1 Å². The second-order valence-electron chi connectivity index (χ2n) is 3.08. The molecule has 1 aromatic heterocycles. The fourth-order valence-electron chi connectivity index (χ4n) is 1.33. The largest absolute Gasteiger partial charge is 0.263 e. The van der Waals surface area contributed by atoms with E-state index in [1.165, 1.54) is 18.3 Å². The average molecular weight is 198 g/mol. The van der Waals surface area contributed by atoms with E-state index in [9.17, 15) is 4.39 Å². The van der Waals surface area contributed by atoms with Crippen molar-refractivity contribution in [3.05, 3.63) is 54.1 Å². The van der Waals surface area contributed by atoms with Gasteiger partial charge in [0, 0.05) is 18.0 Å². The van der Waals surface area contributed by atoms with Gasteiger partial charge in [-0.2, -0.15) is 5.26 Å². The van der Waals surface area contributed by atoms with Gasteiger partial charge in [-0.15, -0.1) is 0 Å². The second-order valence-corrected chi connectivity index (χ2v) is 3.08. The lowest BCUT2D eigenvalue weighted by atomic mass is 10.1. The topological polar surface area (TPSA) is 36.7 Å². The molecule has 2 rings (SSSR count). The maximum Gasteiger partial charge on any atom is 0.123 e. The lowest BCUT2D eigenvalue weighted by Gasteiger charge is -2.00. The van der Waals surface area contributed by atoms with Crippen molar-refractivity contribution in [2.75, 3.05) is 0 Å². The Morgan fingerprint density at radius 3 is 2.73 bits per heavy atom. The SMILES string of the molecule is N#Cc1cncc(-c2cccc(F)c2)c1. The summed E-state index contributed by atoms with van der Waals surface area (Å²) in [5.74, 6) is -0.296. The van der Waals surface area contributed by atoms with Crippen molar-refractivity contribution in [3.63, 3.8) is 0 Å². The number of pyridine rings is 1. The summed E-state index contributed by atoms with van der Waals surface area (Å²) in [6.07, 6.45) is 3.08. The summed E-state index contributed by atoms with van der Waals surface area (Å²) in [5, 5.41) is 8.70. The molecule has 0 saturated carbocycles. The van der Waals surface area contributed by atoms with Gasteiger partial charge in [0.1, 0.15) is 11.9 Å². The number of benzene rings is 1. The first-order valence-corrected chi connectivity index (χ1v) is 4.41. The Kier molecular flexibility index (Phi) is 2.42. The lowest BCUT2D eigenvalue weighted by Crippen LogP contribution is -1.84. The fourth-order valence-corrected chi connectivity index (χ4v) is 1.33. The maximum atomic E-state index is 12.9. The first-order chi connectivity index (χ1) is 7.29. The third kappa shape index (κ3) is 2.00. The zero-order valence-corrected chi connectivity index (χ0v) is 7.81. The molecule has 1 aromatic carbocycles. The van der Waals surface area contributed by atoms with Crippen molar-refractivity contribution in [2.24, 2.45) is 0 Å². The number of nitrogens with zero attached hydrogens (tertiary/aromatic N) is 2. The Hall–Kier alpha value is -2.21. The molecular formula is C12H7FN2. The summed E-state index contributed by atoms with van der Waals surface area (Å²) in [6.45, 7) is 0. The summed E-state index contributed by atoms with van der Waals surface area (Å²) in [5.41, 5.74) is 1.94. The maximum absolute atomic E-state index is 12.9. The van der Waals surface area contributed by atoms with Crippen LogP contribution in [0.3, 0.4) is 0 Å². The first-order valence-electron chi connectivity index (χ1n) is 4.41. The molecular weight excluding hydrogens is 191 g/mol. The highest BCUT2D eigenvalue weighted by Gasteiger charge is 2.00. The van der Waals surface area contributed by atoms with E-state index in [1.807, 2.05) is 6.07 Å². The molecule has 2 nitrogen and oxygen atoms in total. The summed E-state index contributed by atoms with van der Waals surface area (Å²) in [6, 6.07) is 9.88. The molecule has 3 heteroatoms. The quantitative estimate of drug-likeness (QED) is 0.706. The van der Waals surface area contributed by atoms with Crippen molar-refractivity contribution >= 4 is 0 Å². The van der Waals surface area contributed by atoms with Gasteiger partial charge in [0.2, 0.25) is 0 Å². The van der Waals surface area contributed by atoms with Gasteiger partial charge in [-0.25, -0.2) is 4.39 Å². The monoisotopic (exact) mass is 198 g/mol. The van der Waals surface area contributed by atoms with E-state index in [0.717, 1.165) is 11.1 Å². The van der Waals surface area contributed by atoms with Crippen LogP contribution >= 0.6 is 0 Å². The molecule has 0 aliphatic carbocycles.